The van der Waals surface area contributed by atoms with Crippen LogP contribution < -0.4 is 29.3 Å². The largest absolute Gasteiger partial charge is 0.497 e. The number of anilines is 2. The van der Waals surface area contributed by atoms with Gasteiger partial charge in [0.15, 0.2) is 5.11 Å². The third-order valence-electron chi connectivity index (χ3n) is 7.43. The van der Waals surface area contributed by atoms with E-state index in [2.05, 4.69) is 4.90 Å². The molecule has 3 heterocycles. The van der Waals surface area contributed by atoms with E-state index in [4.69, 9.17) is 17.0 Å². The first-order valence-electron chi connectivity index (χ1n) is 12.7. The standard InChI is InChI=1S/C28H28N4O3S3/c1-29-20-16-19(35-3)14-15-21(20)37-27(29)23-25(34)32(18-12-8-5-9-13-18)26(38-23)22-24(33)30(2)28(36)31(22)17-10-6-4-7-11-17/h4,6-7,10-11,14-16,18H,5,8-9,12-13H2,1-3H3/b26-22-,27-23-. The molecular weight excluding hydrogens is 537 g/mol. The summed E-state index contributed by atoms with van der Waals surface area (Å²) in [5.41, 5.74) is 2.22. The molecule has 2 aromatic carbocycles. The molecular formula is C28H28N4O3S3. The zero-order valence-electron chi connectivity index (χ0n) is 21.5. The Bertz CT molecular complexity index is 1620. The Labute approximate surface area is 234 Å². The topological polar surface area (TPSA) is 58.0 Å². The summed E-state index contributed by atoms with van der Waals surface area (Å²) in [5.74, 6) is 0.577. The molecule has 0 bridgehead atoms. The molecule has 2 aliphatic heterocycles. The van der Waals surface area contributed by atoms with Gasteiger partial charge in [0.25, 0.3) is 11.5 Å². The lowest BCUT2D eigenvalue weighted by Crippen LogP contribution is -2.39. The maximum Gasteiger partial charge on any atom is 0.279 e. The van der Waals surface area contributed by atoms with Crippen molar-refractivity contribution >= 4 is 68.4 Å². The van der Waals surface area contributed by atoms with Crippen molar-refractivity contribution in [2.75, 3.05) is 31.0 Å². The molecule has 10 heteroatoms. The van der Waals surface area contributed by atoms with Crippen LogP contribution in [-0.4, -0.2) is 41.7 Å². The summed E-state index contributed by atoms with van der Waals surface area (Å²) < 4.78 is 8.65. The summed E-state index contributed by atoms with van der Waals surface area (Å²) in [5, 5.41) is 1.28. The minimum Gasteiger partial charge on any atom is -0.497 e. The van der Waals surface area contributed by atoms with Gasteiger partial charge in [0.2, 0.25) is 0 Å². The van der Waals surface area contributed by atoms with Gasteiger partial charge >= 0.3 is 0 Å². The Morgan fingerprint density at radius 1 is 0.974 bits per heavy atom. The van der Waals surface area contributed by atoms with Gasteiger partial charge in [0, 0.05) is 36.8 Å². The van der Waals surface area contributed by atoms with Crippen molar-refractivity contribution in [2.45, 2.75) is 43.0 Å². The monoisotopic (exact) mass is 564 g/mol. The van der Waals surface area contributed by atoms with Gasteiger partial charge in [-0.2, -0.15) is 0 Å². The molecule has 0 radical (unpaired) electrons. The summed E-state index contributed by atoms with van der Waals surface area (Å²) in [6.07, 6.45) is 5.16. The molecule has 0 unspecified atom stereocenters. The van der Waals surface area contributed by atoms with E-state index in [9.17, 15) is 9.59 Å². The number of thiocarbonyl (C=S) groups is 1. The average Bonchev–Trinajstić information content (AvgIpc) is 3.53. The molecule has 1 aliphatic carbocycles. The van der Waals surface area contributed by atoms with Crippen LogP contribution in [-0.2, 0) is 4.79 Å². The van der Waals surface area contributed by atoms with Gasteiger partial charge in [-0.15, -0.1) is 11.3 Å². The number of aromatic nitrogens is 1. The lowest BCUT2D eigenvalue weighted by Gasteiger charge is -2.24. The van der Waals surface area contributed by atoms with Crippen LogP contribution in [0.25, 0.3) is 10.7 Å². The molecule has 1 saturated heterocycles. The second kappa shape index (κ2) is 9.91. The number of methoxy groups -OCH3 is 1. The van der Waals surface area contributed by atoms with Gasteiger partial charge in [0.05, 0.1) is 12.8 Å². The molecule has 1 saturated carbocycles. The highest BCUT2D eigenvalue weighted by atomic mass is 32.2. The number of amides is 1. The molecule has 3 aromatic rings. The second-order valence-electron chi connectivity index (χ2n) is 9.67. The van der Waals surface area contributed by atoms with Crippen LogP contribution in [0.15, 0.2) is 58.2 Å². The number of rotatable bonds is 3. The number of para-hydroxylation sites is 1. The number of hydrogen-bond acceptors (Lipinski definition) is 7. The van der Waals surface area contributed by atoms with E-state index >= 15 is 0 Å². The Morgan fingerprint density at radius 3 is 2.42 bits per heavy atom. The molecule has 0 N–H and O–H groups in total. The van der Waals surface area contributed by atoms with Crippen molar-refractivity contribution in [3.8, 4) is 5.75 Å². The Balaban J connectivity index is 1.65. The summed E-state index contributed by atoms with van der Waals surface area (Å²) in [6.45, 7) is 0. The van der Waals surface area contributed by atoms with E-state index < -0.39 is 0 Å². The molecule has 6 rings (SSSR count). The van der Waals surface area contributed by atoms with Crippen molar-refractivity contribution in [3.63, 3.8) is 0 Å². The molecule has 2 fully saturated rings. The van der Waals surface area contributed by atoms with Crippen molar-refractivity contribution < 1.29 is 9.53 Å². The maximum absolute atomic E-state index is 14.3. The number of carbonyl (C=O) groups excluding carboxylic acids is 1. The lowest BCUT2D eigenvalue weighted by molar-refractivity contribution is -0.119. The second-order valence-corrected chi connectivity index (χ2v) is 12.1. The van der Waals surface area contributed by atoms with Crippen LogP contribution in [0.2, 0.25) is 0 Å². The number of likely N-dealkylation sites (N-methyl/N-ethyl adjacent to an activating group) is 1. The SMILES string of the molecule is COc1ccc2c(c1)N(C)/C(=c1/s/c(=C3/C(=O)N(C)C(=S)N3c3ccccc3)n(C3CCCCC3)c1=O)S2. The lowest BCUT2D eigenvalue weighted by atomic mass is 9.95. The van der Waals surface area contributed by atoms with Crippen LogP contribution in [0.5, 0.6) is 5.75 Å². The van der Waals surface area contributed by atoms with Gasteiger partial charge in [-0.25, -0.2) is 0 Å². The van der Waals surface area contributed by atoms with Gasteiger partial charge < -0.3 is 9.64 Å². The molecule has 3 aliphatic rings. The zero-order valence-corrected chi connectivity index (χ0v) is 23.9. The van der Waals surface area contributed by atoms with Crippen molar-refractivity contribution in [1.29, 1.82) is 0 Å². The fourth-order valence-electron chi connectivity index (χ4n) is 5.40. The van der Waals surface area contributed by atoms with E-state index in [0.29, 0.717) is 20.0 Å². The molecule has 1 amide bonds. The number of nitrogens with zero attached hydrogens (tertiary/aromatic N) is 4. The van der Waals surface area contributed by atoms with E-state index in [1.54, 1.807) is 25.9 Å². The van der Waals surface area contributed by atoms with E-state index in [1.165, 1.54) is 22.7 Å². The highest BCUT2D eigenvalue weighted by Crippen LogP contribution is 2.46. The maximum atomic E-state index is 14.3. The van der Waals surface area contributed by atoms with E-state index in [0.717, 1.165) is 52.7 Å². The first-order valence-corrected chi connectivity index (χ1v) is 14.7. The van der Waals surface area contributed by atoms with Crippen LogP contribution in [0.1, 0.15) is 38.1 Å². The van der Waals surface area contributed by atoms with Crippen molar-refractivity contribution in [1.82, 2.24) is 9.47 Å². The number of ether oxygens (including phenoxy) is 1. The predicted molar refractivity (Wildman–Crippen MR) is 158 cm³/mol. The van der Waals surface area contributed by atoms with Gasteiger partial charge in [-0.3, -0.25) is 24.0 Å². The number of carbonyl (C=O) groups is 1. The van der Waals surface area contributed by atoms with Crippen LogP contribution >= 0.6 is 35.3 Å². The quantitative estimate of drug-likeness (QED) is 0.444. The summed E-state index contributed by atoms with van der Waals surface area (Å²) in [7, 11) is 5.33. The first-order chi connectivity index (χ1) is 18.4. The smallest absolute Gasteiger partial charge is 0.279 e. The van der Waals surface area contributed by atoms with Crippen LogP contribution in [0, 0.1) is 0 Å². The average molecular weight is 565 g/mol. The fourth-order valence-corrected chi connectivity index (χ4v) is 8.20. The summed E-state index contributed by atoms with van der Waals surface area (Å²) in [4.78, 5) is 34.4. The molecule has 0 atom stereocenters. The minimum atomic E-state index is -0.193. The third kappa shape index (κ3) is 3.97. The fraction of sp³-hybridized carbons (Fsp3) is 0.321. The summed E-state index contributed by atoms with van der Waals surface area (Å²) in [6, 6.07) is 15.7. The molecule has 0 spiro atoms. The molecule has 38 heavy (non-hydrogen) atoms. The number of fused-ring (bicyclic) bond motifs is 1. The van der Waals surface area contributed by atoms with E-state index in [-0.39, 0.29) is 17.5 Å². The normalized spacial score (nSPS) is 21.0. The number of benzene rings is 2. The van der Waals surface area contributed by atoms with E-state index in [1.807, 2.05) is 65.0 Å². The van der Waals surface area contributed by atoms with Crippen molar-refractivity contribution in [2.24, 2.45) is 0 Å². The predicted octanol–water partition coefficient (Wildman–Crippen LogP) is 4.10. The molecule has 196 valence electrons. The van der Waals surface area contributed by atoms with Crippen LogP contribution in [0.3, 0.4) is 0 Å². The number of thioether (sulfide) groups is 1. The van der Waals surface area contributed by atoms with Gasteiger partial charge in [-0.05, 0) is 49.3 Å². The highest BCUT2D eigenvalue weighted by molar-refractivity contribution is 8.08. The highest BCUT2D eigenvalue weighted by Gasteiger charge is 2.39. The Kier molecular flexibility index (Phi) is 6.57. The summed E-state index contributed by atoms with van der Waals surface area (Å²) >= 11 is 8.71. The molecule has 7 nitrogen and oxygen atoms in total. The zero-order chi connectivity index (χ0) is 26.6. The first kappa shape index (κ1) is 25.2. The Hall–Kier alpha value is -3.08. The van der Waals surface area contributed by atoms with Gasteiger partial charge in [-0.1, -0.05) is 49.2 Å². The van der Waals surface area contributed by atoms with Gasteiger partial charge in [0.1, 0.15) is 25.7 Å². The third-order valence-corrected chi connectivity index (χ3v) is 10.4. The number of thiazole rings is 1. The van der Waals surface area contributed by atoms with Crippen molar-refractivity contribution in [3.05, 3.63) is 68.1 Å². The Morgan fingerprint density at radius 2 is 1.71 bits per heavy atom. The number of hydrogen-bond donors (Lipinski definition) is 0. The minimum absolute atomic E-state index is 0.0418. The van der Waals surface area contributed by atoms with Crippen LogP contribution in [0.4, 0.5) is 11.4 Å². The molecule has 1 aromatic heterocycles.